The van der Waals surface area contributed by atoms with E-state index in [1.807, 2.05) is 95.7 Å². The number of imidazole rings is 1. The average Bonchev–Trinajstić information content (AvgIpc) is 1.44. The average molecular weight is 1080 g/mol. The Morgan fingerprint density at radius 1 is 0.482 bits per heavy atom. The Labute approximate surface area is 499 Å². The van der Waals surface area contributed by atoms with Gasteiger partial charge in [-0.1, -0.05) is 218 Å². The van der Waals surface area contributed by atoms with Crippen LogP contribution in [-0.4, -0.2) is 14.1 Å². The van der Waals surface area contributed by atoms with Crippen molar-refractivity contribution in [3.05, 3.63) is 294 Å². The molecule has 0 aliphatic heterocycles. The Balaban J connectivity index is 0.919. The summed E-state index contributed by atoms with van der Waals surface area (Å²) in [5, 5.41) is 2.12. The highest BCUT2D eigenvalue weighted by Crippen LogP contribution is 2.82. The number of pyridine rings is 1. The minimum Gasteiger partial charge on any atom is -0.458 e. The van der Waals surface area contributed by atoms with E-state index in [9.17, 15) is 5.48 Å². The second-order valence-electron chi connectivity index (χ2n) is 24.3. The fourth-order valence-corrected chi connectivity index (χ4v) is 15.5. The molecule has 0 saturated carbocycles. The van der Waals surface area contributed by atoms with Gasteiger partial charge in [0.25, 0.3) is 6.33 Å². The summed E-state index contributed by atoms with van der Waals surface area (Å²) in [6.45, 7) is 16.2. The molecule has 3 aliphatic rings. The smallest absolute Gasteiger partial charge is 0.269 e. The lowest BCUT2D eigenvalue weighted by molar-refractivity contribution is -0.571. The van der Waals surface area contributed by atoms with Crippen LogP contribution in [0.3, 0.4) is 0 Å². The lowest BCUT2D eigenvalue weighted by Gasteiger charge is -2.49. The van der Waals surface area contributed by atoms with Crippen LogP contribution in [0.5, 0.6) is 11.5 Å². The second-order valence-corrected chi connectivity index (χ2v) is 24.3. The van der Waals surface area contributed by atoms with Crippen molar-refractivity contribution >= 4 is 32.8 Å². The maximum atomic E-state index is 9.71. The maximum Gasteiger partial charge on any atom is 0.269 e. The van der Waals surface area contributed by atoms with Crippen molar-refractivity contribution < 1.29 is 23.0 Å². The highest BCUT2D eigenvalue weighted by Gasteiger charge is 2.79. The molecule has 400 valence electrons. The van der Waals surface area contributed by atoms with Crippen molar-refractivity contribution in [2.24, 2.45) is 5.41 Å². The Kier molecular flexibility index (Phi) is 8.37. The summed E-state index contributed by atoms with van der Waals surface area (Å²) in [5.74, 6) is 1.88. The van der Waals surface area contributed by atoms with Gasteiger partial charge in [-0.3, -0.25) is 13.7 Å². The number of benzene rings is 10. The van der Waals surface area contributed by atoms with Gasteiger partial charge in [-0.15, -0.1) is 0 Å². The number of nitrogens with zero attached hydrogens (tertiary/aromatic N) is 4. The number of fused-ring (bicyclic) bond motifs is 13. The van der Waals surface area contributed by atoms with E-state index in [1.54, 1.807) is 4.57 Å². The standard InChI is InChI=1S/C78H62N4O/c1-74(2,3)54-41-42-79-72(46-54)82-68-34-19-14-29-58(68)59-39-38-57(48-71(59)82)83-56-28-22-27-55(47-56)80-49-81(70-36-21-20-35-69(70)80)73-60(50-23-10-8-11-24-50)43-53(44-61(73)51-25-12-9-13-26-51)52-37-40-66-67(45-52)77(6)65-33-18-17-32-64(65)75(4)62-30-15-16-31-63(62)76(66,5)78(75,77)7/h8-48H,1-7H3/i8D,9D,10D,11D,12D,13D,23D,24D,25D,26D. The molecule has 0 N–H and O–H groups in total. The van der Waals surface area contributed by atoms with Gasteiger partial charge in [0.1, 0.15) is 17.3 Å². The van der Waals surface area contributed by atoms with Crippen molar-refractivity contribution in [1.82, 2.24) is 14.1 Å². The van der Waals surface area contributed by atoms with E-state index in [-0.39, 0.29) is 38.8 Å². The van der Waals surface area contributed by atoms with Crippen molar-refractivity contribution in [1.29, 1.82) is 0 Å². The topological polar surface area (TPSA) is 35.9 Å². The maximum absolute atomic E-state index is 9.71. The first-order valence-corrected chi connectivity index (χ1v) is 28.4. The van der Waals surface area contributed by atoms with Crippen LogP contribution in [0.1, 0.15) is 101 Å². The molecule has 0 spiro atoms. The predicted molar refractivity (Wildman–Crippen MR) is 338 cm³/mol. The summed E-state index contributed by atoms with van der Waals surface area (Å²) < 4.78 is 106. The van der Waals surface area contributed by atoms with Crippen LogP contribution in [0.4, 0.5) is 0 Å². The SMILES string of the molecule is [2H]c1c([2H])c([2H])c(-c2cc(-c3ccc4c(c3)C3(C)c5ccccc5C5(C)c6ccccc6C4(C)C53C)cc(-c3c([2H])c([2H])c([2H])c([2H])c3[2H])c2-[n+]2[c-]n(-c3cccc(Oc4ccc5c6ccccc6n(-c6cc(C(C)(C)C)ccn6)c5c4)c3)c3ccccc32)c([2H])c1[2H]. The van der Waals surface area contributed by atoms with Gasteiger partial charge in [0.2, 0.25) is 0 Å². The molecule has 16 rings (SSSR count). The molecule has 0 fully saturated rings. The lowest BCUT2D eigenvalue weighted by atomic mass is 9.52. The van der Waals surface area contributed by atoms with Crippen molar-refractivity contribution in [2.45, 2.75) is 70.1 Å². The molecule has 4 atom stereocenters. The lowest BCUT2D eigenvalue weighted by Crippen LogP contribution is -2.51. The van der Waals surface area contributed by atoms with Gasteiger partial charge in [0.15, 0.2) is 0 Å². The molecular weight excluding hydrogens is 1010 g/mol. The van der Waals surface area contributed by atoms with Gasteiger partial charge < -0.3 is 4.74 Å². The number of ether oxygens (including phenoxy) is 1. The Hall–Kier alpha value is -9.58. The summed E-state index contributed by atoms with van der Waals surface area (Å²) in [7, 11) is 0. The molecule has 5 nitrogen and oxygen atoms in total. The monoisotopic (exact) mass is 1080 g/mol. The van der Waals surface area contributed by atoms with Crippen LogP contribution in [-0.2, 0) is 21.7 Å². The molecule has 5 heteroatoms. The van der Waals surface area contributed by atoms with Gasteiger partial charge in [-0.2, -0.15) is 0 Å². The summed E-state index contributed by atoms with van der Waals surface area (Å²) in [4.78, 5) is 4.88. The summed E-state index contributed by atoms with van der Waals surface area (Å²) in [5.41, 5.74) is 11.8. The minimum absolute atomic E-state index is 0.108. The zero-order chi connectivity index (χ0) is 64.9. The number of hydrogen-bond donors (Lipinski definition) is 0. The van der Waals surface area contributed by atoms with Crippen LogP contribution in [0.25, 0.3) is 83.4 Å². The Morgan fingerprint density at radius 2 is 1.05 bits per heavy atom. The summed E-state index contributed by atoms with van der Waals surface area (Å²) in [6, 6.07) is 56.1. The van der Waals surface area contributed by atoms with Gasteiger partial charge in [0, 0.05) is 44.7 Å². The predicted octanol–water partition coefficient (Wildman–Crippen LogP) is 18.6. The molecule has 3 aromatic heterocycles. The summed E-state index contributed by atoms with van der Waals surface area (Å²) in [6.07, 6.45) is 5.46. The zero-order valence-corrected chi connectivity index (χ0v) is 47.1. The molecule has 0 radical (unpaired) electrons. The van der Waals surface area contributed by atoms with E-state index in [4.69, 9.17) is 17.9 Å². The van der Waals surface area contributed by atoms with Crippen LogP contribution in [0, 0.1) is 11.7 Å². The first-order valence-electron chi connectivity index (χ1n) is 33.4. The molecule has 0 amide bonds. The molecule has 3 heterocycles. The van der Waals surface area contributed by atoms with Gasteiger partial charge in [0.05, 0.1) is 47.1 Å². The number of hydrogen-bond acceptors (Lipinski definition) is 2. The minimum atomic E-state index is -0.578. The third kappa shape index (κ3) is 6.59. The van der Waals surface area contributed by atoms with Crippen LogP contribution in [0.2, 0.25) is 0 Å². The van der Waals surface area contributed by atoms with E-state index in [1.165, 1.54) is 27.8 Å². The summed E-state index contributed by atoms with van der Waals surface area (Å²) >= 11 is 0. The van der Waals surface area contributed by atoms with Gasteiger partial charge in [-0.25, -0.2) is 4.98 Å². The van der Waals surface area contributed by atoms with E-state index in [0.717, 1.165) is 44.3 Å². The highest BCUT2D eigenvalue weighted by molar-refractivity contribution is 6.09. The fourth-order valence-electron chi connectivity index (χ4n) is 15.5. The van der Waals surface area contributed by atoms with Crippen LogP contribution >= 0.6 is 0 Å². The first-order chi connectivity index (χ1) is 44.4. The van der Waals surface area contributed by atoms with Crippen molar-refractivity contribution in [3.63, 3.8) is 0 Å². The first kappa shape index (κ1) is 39.8. The molecule has 0 saturated heterocycles. The van der Waals surface area contributed by atoms with Crippen molar-refractivity contribution in [2.75, 3.05) is 0 Å². The third-order valence-electron chi connectivity index (χ3n) is 19.7. The normalized spacial score (nSPS) is 21.9. The molecular formula is C78H62N4O. The van der Waals surface area contributed by atoms with E-state index in [2.05, 4.69) is 156 Å². The quantitative estimate of drug-likeness (QED) is 0.112. The van der Waals surface area contributed by atoms with E-state index >= 15 is 0 Å². The molecule has 13 aromatic rings. The van der Waals surface area contributed by atoms with Crippen LogP contribution < -0.4 is 9.30 Å². The molecule has 0 bridgehead atoms. The Morgan fingerprint density at radius 3 is 1.70 bits per heavy atom. The molecule has 83 heavy (non-hydrogen) atoms. The van der Waals surface area contributed by atoms with Crippen LogP contribution in [0.15, 0.2) is 249 Å². The highest BCUT2D eigenvalue weighted by atomic mass is 16.5. The largest absolute Gasteiger partial charge is 0.458 e. The fraction of sp³-hybridized carbons (Fsp3) is 0.154. The zero-order valence-electron chi connectivity index (χ0n) is 57.1. The Bertz CT molecular complexity index is 5320. The number of para-hydroxylation sites is 3. The van der Waals surface area contributed by atoms with Gasteiger partial charge >= 0.3 is 0 Å². The molecule has 4 unspecified atom stereocenters. The van der Waals surface area contributed by atoms with Crippen molar-refractivity contribution in [3.8, 4) is 62.1 Å². The molecule has 10 aromatic carbocycles. The van der Waals surface area contributed by atoms with Gasteiger partial charge in [-0.05, 0) is 144 Å². The third-order valence-corrected chi connectivity index (χ3v) is 19.7. The number of rotatable bonds is 8. The van der Waals surface area contributed by atoms with E-state index in [0.29, 0.717) is 33.8 Å². The number of aromatic nitrogens is 4. The van der Waals surface area contributed by atoms with E-state index < -0.39 is 76.7 Å². The second kappa shape index (κ2) is 17.5. The molecule has 3 aliphatic carbocycles.